The number of rotatable bonds is 14. The van der Waals surface area contributed by atoms with Gasteiger partial charge in [-0.2, -0.15) is 0 Å². The van der Waals surface area contributed by atoms with Gasteiger partial charge in [0.1, 0.15) is 5.69 Å². The lowest BCUT2D eigenvalue weighted by atomic mass is 9.97. The number of carbonyl (C=O) groups is 1. The second kappa shape index (κ2) is 17.2. The normalized spacial score (nSPS) is 13.3. The maximum Gasteiger partial charge on any atom is 0.293 e. The Balaban J connectivity index is 1.03. The molecule has 266 valence electrons. The van der Waals surface area contributed by atoms with Gasteiger partial charge in [-0.25, -0.2) is 13.1 Å². The zero-order valence-electron chi connectivity index (χ0n) is 28.4. The van der Waals surface area contributed by atoms with Crippen molar-refractivity contribution in [2.45, 2.75) is 9.79 Å². The van der Waals surface area contributed by atoms with Crippen molar-refractivity contribution in [3.8, 4) is 0 Å². The van der Waals surface area contributed by atoms with Crippen LogP contribution in [0.4, 0.5) is 17.1 Å². The number of nitro groups is 1. The molecule has 12 heteroatoms. The third-order valence-electron chi connectivity index (χ3n) is 8.72. The van der Waals surface area contributed by atoms with Crippen molar-refractivity contribution in [3.05, 3.63) is 166 Å². The average Bonchev–Trinajstić information content (AvgIpc) is 3.18. The van der Waals surface area contributed by atoms with Crippen LogP contribution in [0.3, 0.4) is 0 Å². The first kappa shape index (κ1) is 36.4. The van der Waals surface area contributed by atoms with E-state index in [-0.39, 0.29) is 16.1 Å². The minimum Gasteiger partial charge on any atom is -0.379 e. The lowest BCUT2D eigenvalue weighted by molar-refractivity contribution is -0.384. The summed E-state index contributed by atoms with van der Waals surface area (Å²) in [6.07, 6.45) is 2.29. The summed E-state index contributed by atoms with van der Waals surface area (Å²) in [7, 11) is -4.38. The number of hydrogen-bond donors (Lipinski definition) is 2. The number of nitro benzene ring substituents is 1. The number of benzene rings is 5. The van der Waals surface area contributed by atoms with Crippen LogP contribution in [0.25, 0.3) is 5.57 Å². The Kier molecular flexibility index (Phi) is 12.0. The Bertz CT molecular complexity index is 2070. The van der Waals surface area contributed by atoms with Crippen LogP contribution < -0.4 is 14.9 Å². The third kappa shape index (κ3) is 9.46. The number of thioether (sulfide) groups is 1. The van der Waals surface area contributed by atoms with Crippen LogP contribution in [0.5, 0.6) is 0 Å². The summed E-state index contributed by atoms with van der Waals surface area (Å²) < 4.78 is 28.3. The standard InChI is InChI=1S/C40H39N5O5S2/c46-40(42-52(49,50)36-20-21-38(39(30-36)45(47)48)41-23-29-51-35-14-8-3-9-15-35)33-16-18-34(19-17-33)44-27-25-43(26-28-44)24-22-37(31-10-4-1-5-11-31)32-12-6-2-7-13-32/h1-22,30,41H,23-29H2,(H,42,46). The molecule has 0 unspecified atom stereocenters. The molecule has 0 spiro atoms. The van der Waals surface area contributed by atoms with Crippen LogP contribution in [0.2, 0.25) is 0 Å². The van der Waals surface area contributed by atoms with Gasteiger partial charge in [-0.1, -0.05) is 84.9 Å². The largest absolute Gasteiger partial charge is 0.379 e. The summed E-state index contributed by atoms with van der Waals surface area (Å²) in [5.41, 5.74) is 4.46. The molecule has 6 rings (SSSR count). The van der Waals surface area contributed by atoms with Crippen LogP contribution in [0.15, 0.2) is 149 Å². The van der Waals surface area contributed by atoms with Crippen LogP contribution >= 0.6 is 11.8 Å². The first-order valence-corrected chi connectivity index (χ1v) is 19.4. The summed E-state index contributed by atoms with van der Waals surface area (Å²) in [5, 5.41) is 14.8. The van der Waals surface area contributed by atoms with Crippen LogP contribution in [0.1, 0.15) is 21.5 Å². The van der Waals surface area contributed by atoms with Crippen molar-refractivity contribution in [1.82, 2.24) is 9.62 Å². The third-order valence-corrected chi connectivity index (χ3v) is 11.1. The first-order valence-electron chi connectivity index (χ1n) is 16.9. The fourth-order valence-corrected chi connectivity index (χ4v) is 7.74. The minimum absolute atomic E-state index is 0.161. The quantitative estimate of drug-likeness (QED) is 0.0529. The molecule has 1 aliphatic rings. The number of piperazine rings is 1. The van der Waals surface area contributed by atoms with Crippen molar-refractivity contribution in [2.24, 2.45) is 0 Å². The number of hydrogen-bond acceptors (Lipinski definition) is 9. The van der Waals surface area contributed by atoms with Gasteiger partial charge in [-0.05, 0) is 65.2 Å². The predicted octanol–water partition coefficient (Wildman–Crippen LogP) is 7.17. The Morgan fingerprint density at radius 2 is 1.37 bits per heavy atom. The van der Waals surface area contributed by atoms with E-state index in [2.05, 4.69) is 74.4 Å². The van der Waals surface area contributed by atoms with Gasteiger partial charge in [-0.15, -0.1) is 11.8 Å². The molecule has 10 nitrogen and oxygen atoms in total. The minimum atomic E-state index is -4.38. The molecular formula is C40H39N5O5S2. The highest BCUT2D eigenvalue weighted by Crippen LogP contribution is 2.29. The molecular weight excluding hydrogens is 695 g/mol. The molecule has 0 saturated carbocycles. The van der Waals surface area contributed by atoms with Gasteiger partial charge in [0.2, 0.25) is 0 Å². The molecule has 0 radical (unpaired) electrons. The fourth-order valence-electron chi connectivity index (χ4n) is 5.96. The molecule has 5 aromatic carbocycles. The molecule has 0 aromatic heterocycles. The summed E-state index contributed by atoms with van der Waals surface area (Å²) >= 11 is 1.59. The Labute approximate surface area is 308 Å². The predicted molar refractivity (Wildman–Crippen MR) is 208 cm³/mol. The van der Waals surface area contributed by atoms with Crippen molar-refractivity contribution in [3.63, 3.8) is 0 Å². The molecule has 5 aromatic rings. The van der Waals surface area contributed by atoms with E-state index in [4.69, 9.17) is 0 Å². The second-order valence-electron chi connectivity index (χ2n) is 12.1. The van der Waals surface area contributed by atoms with Gasteiger partial charge in [0.25, 0.3) is 21.6 Å². The van der Waals surface area contributed by atoms with Gasteiger partial charge in [-0.3, -0.25) is 19.8 Å². The second-order valence-corrected chi connectivity index (χ2v) is 15.0. The van der Waals surface area contributed by atoms with E-state index < -0.39 is 26.5 Å². The van der Waals surface area contributed by atoms with Gasteiger partial charge < -0.3 is 10.2 Å². The van der Waals surface area contributed by atoms with Crippen molar-refractivity contribution >= 4 is 50.3 Å². The van der Waals surface area contributed by atoms with E-state index >= 15 is 0 Å². The lowest BCUT2D eigenvalue weighted by Gasteiger charge is -2.35. The number of amides is 1. The van der Waals surface area contributed by atoms with E-state index in [1.165, 1.54) is 28.8 Å². The van der Waals surface area contributed by atoms with Crippen molar-refractivity contribution < 1.29 is 18.1 Å². The lowest BCUT2D eigenvalue weighted by Crippen LogP contribution is -2.46. The van der Waals surface area contributed by atoms with E-state index in [1.54, 1.807) is 36.0 Å². The van der Waals surface area contributed by atoms with E-state index in [0.717, 1.165) is 49.4 Å². The monoisotopic (exact) mass is 733 g/mol. The van der Waals surface area contributed by atoms with Gasteiger partial charge in [0, 0.05) is 67.2 Å². The molecule has 1 amide bonds. The topological polar surface area (TPSA) is 125 Å². The molecule has 2 N–H and O–H groups in total. The summed E-state index contributed by atoms with van der Waals surface area (Å²) in [4.78, 5) is 29.5. The molecule has 0 bridgehead atoms. The highest BCUT2D eigenvalue weighted by Gasteiger charge is 2.24. The van der Waals surface area contributed by atoms with Crippen molar-refractivity contribution in [1.29, 1.82) is 0 Å². The maximum absolute atomic E-state index is 13.1. The fraction of sp³-hybridized carbons (Fsp3) is 0.175. The molecule has 1 saturated heterocycles. The summed E-state index contributed by atoms with van der Waals surface area (Å²) in [6, 6.07) is 40.9. The highest BCUT2D eigenvalue weighted by molar-refractivity contribution is 7.99. The zero-order valence-corrected chi connectivity index (χ0v) is 30.1. The van der Waals surface area contributed by atoms with Gasteiger partial charge in [0.15, 0.2) is 0 Å². The first-order chi connectivity index (χ1) is 25.3. The molecule has 52 heavy (non-hydrogen) atoms. The SMILES string of the molecule is O=C(NS(=O)(=O)c1ccc(NCCSc2ccccc2)c([N+](=O)[O-])c1)c1ccc(N2CCN(CC=C(c3ccccc3)c3ccccc3)CC2)cc1. The molecule has 1 fully saturated rings. The Morgan fingerprint density at radius 1 is 0.769 bits per heavy atom. The van der Waals surface area contributed by atoms with E-state index in [0.29, 0.717) is 12.3 Å². The van der Waals surface area contributed by atoms with E-state index in [1.807, 2.05) is 42.5 Å². The Hall–Kier alpha value is -5.43. The van der Waals surface area contributed by atoms with E-state index in [9.17, 15) is 23.3 Å². The number of carbonyl (C=O) groups excluding carboxylic acids is 1. The van der Waals surface area contributed by atoms with Gasteiger partial charge in [0.05, 0.1) is 9.82 Å². The van der Waals surface area contributed by atoms with Crippen molar-refractivity contribution in [2.75, 3.05) is 55.2 Å². The smallest absolute Gasteiger partial charge is 0.293 e. The maximum atomic E-state index is 13.1. The van der Waals surface area contributed by atoms with Crippen LogP contribution in [-0.4, -0.2) is 69.2 Å². The van der Waals surface area contributed by atoms with Crippen LogP contribution in [-0.2, 0) is 10.0 Å². The molecule has 1 aliphatic heterocycles. The molecule has 0 aliphatic carbocycles. The van der Waals surface area contributed by atoms with Crippen LogP contribution in [0, 0.1) is 10.1 Å². The van der Waals surface area contributed by atoms with Gasteiger partial charge >= 0.3 is 0 Å². The number of anilines is 2. The number of sulfonamides is 1. The Morgan fingerprint density at radius 3 is 1.96 bits per heavy atom. The molecule has 1 heterocycles. The average molecular weight is 734 g/mol. The number of nitrogens with one attached hydrogen (secondary N) is 2. The number of nitrogens with zero attached hydrogens (tertiary/aromatic N) is 3. The zero-order chi connectivity index (χ0) is 36.3. The highest BCUT2D eigenvalue weighted by atomic mass is 32.2. The molecule has 0 atom stereocenters. The summed E-state index contributed by atoms with van der Waals surface area (Å²) in [6.45, 7) is 4.57. The summed E-state index contributed by atoms with van der Waals surface area (Å²) in [5.74, 6) is -0.173.